The molecule has 7 rings (SSSR count). The Morgan fingerprint density at radius 2 is 1.62 bits per heavy atom. The minimum Gasteiger partial charge on any atom is -0.507 e. The highest BCUT2D eigenvalue weighted by atomic mass is 32.2. The molecule has 306 valence electrons. The van der Waals surface area contributed by atoms with Crippen LogP contribution < -0.4 is 14.2 Å². The number of aliphatic hydroxyl groups excluding tert-OH is 1. The first kappa shape index (κ1) is 41.1. The highest BCUT2D eigenvalue weighted by Gasteiger charge is 2.69. The van der Waals surface area contributed by atoms with Crippen LogP contribution in [0.3, 0.4) is 0 Å². The molecule has 1 unspecified atom stereocenters. The largest absolute Gasteiger partial charge is 0.507 e. The molecule has 0 spiro atoms. The standard InChI is InChI=1S/C43H48FN3O9SSi/c1-9-57(51,52)46-31-22-30(44)28-20-27-21-29-35(47(5)6)38-34(41(45-55-38)54-24-26-18-14-11-15-19-26)40(50)43(29,56-58(7,8)42(2,3)4)39(49)32(27)36(48)33(28)37(31)53-23-25-16-12-10-13-17-25/h9-19,22,27,29,35,46,48H,1,20-21,23-24H2,2-8H3/t27-,29-,35-,43?/m0/s1. The van der Waals surface area contributed by atoms with Gasteiger partial charge in [-0.1, -0.05) is 88.0 Å². The van der Waals surface area contributed by atoms with Crippen molar-refractivity contribution in [1.82, 2.24) is 10.1 Å². The van der Waals surface area contributed by atoms with Crippen molar-refractivity contribution in [3.05, 3.63) is 124 Å². The molecule has 3 aliphatic carbocycles. The van der Waals surface area contributed by atoms with E-state index >= 15 is 14.0 Å². The lowest BCUT2D eigenvalue weighted by Crippen LogP contribution is -2.68. The number of ether oxygens (including phenoxy) is 2. The summed E-state index contributed by atoms with van der Waals surface area (Å²) in [6.45, 7) is 13.2. The molecule has 0 amide bonds. The van der Waals surface area contributed by atoms with E-state index in [1.165, 1.54) is 0 Å². The van der Waals surface area contributed by atoms with Crippen molar-refractivity contribution in [2.45, 2.75) is 76.6 Å². The Kier molecular flexibility index (Phi) is 10.6. The average molecular weight is 830 g/mol. The molecule has 3 aromatic carbocycles. The first-order valence-electron chi connectivity index (χ1n) is 19.0. The second-order valence-corrected chi connectivity index (χ2v) is 23.2. The van der Waals surface area contributed by atoms with E-state index in [-0.39, 0.29) is 71.4 Å². The Labute approximate surface area is 338 Å². The van der Waals surface area contributed by atoms with Crippen LogP contribution in [-0.4, -0.2) is 63.2 Å². The number of ketones is 2. The number of benzene rings is 3. The average Bonchev–Trinajstić information content (AvgIpc) is 3.58. The SMILES string of the molecule is C=CS(=O)(=O)Nc1cc(F)c2c(c1OCc1ccccc1)C(O)=C1C(=O)C3(O[Si](C)(C)C(C)(C)C)C(=O)c4c(OCc5ccccc5)noc4[C@@H](N(C)C)[C@@H]3C[C@@H]1C2. The van der Waals surface area contributed by atoms with Gasteiger partial charge in [-0.25, -0.2) is 12.8 Å². The van der Waals surface area contributed by atoms with E-state index in [2.05, 4.69) is 16.5 Å². The highest BCUT2D eigenvalue weighted by Crippen LogP contribution is 2.59. The zero-order chi connectivity index (χ0) is 41.9. The van der Waals surface area contributed by atoms with Gasteiger partial charge in [0.1, 0.15) is 30.4 Å². The maximum Gasteiger partial charge on any atom is 0.265 e. The van der Waals surface area contributed by atoms with Crippen LogP contribution in [0.15, 0.2) is 88.8 Å². The van der Waals surface area contributed by atoms with Crippen LogP contribution in [0.5, 0.6) is 11.6 Å². The molecule has 0 bridgehead atoms. The molecule has 1 fully saturated rings. The van der Waals surface area contributed by atoms with Crippen molar-refractivity contribution in [1.29, 1.82) is 0 Å². The first-order valence-corrected chi connectivity index (χ1v) is 23.5. The van der Waals surface area contributed by atoms with Crippen LogP contribution in [-0.2, 0) is 38.9 Å². The molecular formula is C43H48FN3O9SSi. The third-order valence-corrected chi connectivity index (χ3v) is 17.3. The maximum absolute atomic E-state index is 16.4. The quantitative estimate of drug-likeness (QED) is 0.105. The number of fused-ring (bicyclic) bond motifs is 4. The number of sulfonamides is 1. The smallest absolute Gasteiger partial charge is 0.265 e. The Morgan fingerprint density at radius 3 is 2.19 bits per heavy atom. The summed E-state index contributed by atoms with van der Waals surface area (Å²) < 4.78 is 69.7. The van der Waals surface area contributed by atoms with Gasteiger partial charge < -0.3 is 23.5 Å². The molecule has 0 saturated heterocycles. The molecule has 0 aliphatic heterocycles. The van der Waals surface area contributed by atoms with E-state index in [0.717, 1.165) is 11.6 Å². The van der Waals surface area contributed by atoms with Gasteiger partial charge in [-0.15, -0.1) is 0 Å². The van der Waals surface area contributed by atoms with E-state index < -0.39 is 70.0 Å². The summed E-state index contributed by atoms with van der Waals surface area (Å²) >= 11 is 0. The first-order chi connectivity index (χ1) is 27.3. The maximum atomic E-state index is 16.4. The van der Waals surface area contributed by atoms with Gasteiger partial charge in [0.15, 0.2) is 25.4 Å². The fourth-order valence-corrected chi connectivity index (χ4v) is 10.1. The van der Waals surface area contributed by atoms with E-state index in [0.29, 0.717) is 11.0 Å². The number of nitrogens with zero attached hydrogens (tertiary/aromatic N) is 2. The Bertz CT molecular complexity index is 2430. The number of halogens is 1. The lowest BCUT2D eigenvalue weighted by molar-refractivity contribution is -0.140. The minimum absolute atomic E-state index is 0.0215. The van der Waals surface area contributed by atoms with Crippen molar-refractivity contribution in [3.63, 3.8) is 0 Å². The van der Waals surface area contributed by atoms with Gasteiger partial charge in [-0.2, -0.15) is 0 Å². The summed E-state index contributed by atoms with van der Waals surface area (Å²) in [5, 5.41) is 16.9. The number of Topliss-reactive ketones (excluding diaryl/α,β-unsaturated/α-hetero) is 2. The number of aliphatic hydroxyl groups is 1. The van der Waals surface area contributed by atoms with Gasteiger partial charge in [0.05, 0.1) is 17.3 Å². The zero-order valence-electron chi connectivity index (χ0n) is 33.6. The Hall–Kier alpha value is -5.09. The predicted molar refractivity (Wildman–Crippen MR) is 219 cm³/mol. The van der Waals surface area contributed by atoms with Crippen LogP contribution in [0.4, 0.5) is 10.1 Å². The van der Waals surface area contributed by atoms with Crippen LogP contribution in [0.1, 0.15) is 71.6 Å². The molecule has 12 nitrogen and oxygen atoms in total. The summed E-state index contributed by atoms with van der Waals surface area (Å²) in [6, 6.07) is 18.6. The molecule has 15 heteroatoms. The van der Waals surface area contributed by atoms with Crippen LogP contribution >= 0.6 is 0 Å². The number of nitrogens with one attached hydrogen (secondary N) is 1. The van der Waals surface area contributed by atoms with Crippen molar-refractivity contribution in [2.24, 2.45) is 11.8 Å². The topological polar surface area (TPSA) is 158 Å². The number of carbonyl (C=O) groups excluding carboxylic acids is 2. The van der Waals surface area contributed by atoms with Crippen LogP contribution in [0, 0.1) is 17.7 Å². The molecule has 0 radical (unpaired) electrons. The van der Waals surface area contributed by atoms with Gasteiger partial charge in [0, 0.05) is 28.5 Å². The molecular weight excluding hydrogens is 782 g/mol. The van der Waals surface area contributed by atoms with Crippen molar-refractivity contribution in [3.8, 4) is 11.6 Å². The Morgan fingerprint density at radius 1 is 1.02 bits per heavy atom. The normalized spacial score (nSPS) is 21.8. The van der Waals surface area contributed by atoms with Crippen LogP contribution in [0.25, 0.3) is 5.76 Å². The van der Waals surface area contributed by atoms with E-state index in [9.17, 15) is 13.5 Å². The van der Waals surface area contributed by atoms with Crippen molar-refractivity contribution in [2.75, 3.05) is 18.8 Å². The zero-order valence-corrected chi connectivity index (χ0v) is 35.4. The third-order valence-electron chi connectivity index (χ3n) is 11.9. The molecule has 1 saturated carbocycles. The third kappa shape index (κ3) is 6.97. The summed E-state index contributed by atoms with van der Waals surface area (Å²) in [5.74, 6) is -4.62. The second-order valence-electron chi connectivity index (χ2n) is 16.8. The van der Waals surface area contributed by atoms with Gasteiger partial charge in [-0.05, 0) is 67.3 Å². The summed E-state index contributed by atoms with van der Waals surface area (Å²) in [4.78, 5) is 33.1. The molecule has 2 N–H and O–H groups in total. The number of hydrogen-bond donors (Lipinski definition) is 2. The van der Waals surface area contributed by atoms with Crippen molar-refractivity contribution < 1.29 is 45.9 Å². The number of aromatic nitrogens is 1. The number of hydrogen-bond acceptors (Lipinski definition) is 11. The van der Waals surface area contributed by atoms with Gasteiger partial charge in [-0.3, -0.25) is 19.2 Å². The lowest BCUT2D eigenvalue weighted by atomic mass is 9.57. The van der Waals surface area contributed by atoms with Crippen molar-refractivity contribution >= 4 is 41.4 Å². The second kappa shape index (κ2) is 14.9. The fraction of sp³-hybridized carbons (Fsp3) is 0.372. The minimum atomic E-state index is -4.19. The van der Waals surface area contributed by atoms with Gasteiger partial charge >= 0.3 is 0 Å². The monoisotopic (exact) mass is 829 g/mol. The van der Waals surface area contributed by atoms with Crippen LogP contribution in [0.2, 0.25) is 18.1 Å². The highest BCUT2D eigenvalue weighted by molar-refractivity contribution is 7.95. The number of carbonyl (C=O) groups is 2. The van der Waals surface area contributed by atoms with Gasteiger partial charge in [0.25, 0.3) is 15.9 Å². The molecule has 4 aromatic rings. The van der Waals surface area contributed by atoms with E-state index in [4.69, 9.17) is 18.4 Å². The summed E-state index contributed by atoms with van der Waals surface area (Å²) in [6.07, 6.45) is 0.0385. The fourth-order valence-electron chi connectivity index (χ4n) is 8.11. The molecule has 3 aliphatic rings. The molecule has 1 aromatic heterocycles. The predicted octanol–water partition coefficient (Wildman–Crippen LogP) is 8.15. The number of rotatable bonds is 12. The Balaban J connectivity index is 1.44. The lowest BCUT2D eigenvalue weighted by Gasteiger charge is -2.55. The van der Waals surface area contributed by atoms with Gasteiger partial charge in [0.2, 0.25) is 11.6 Å². The summed E-state index contributed by atoms with van der Waals surface area (Å²) in [5.41, 5.74) is -1.29. The number of anilines is 1. The van der Waals surface area contributed by atoms with E-state index in [1.54, 1.807) is 38.4 Å². The molecule has 58 heavy (non-hydrogen) atoms. The summed E-state index contributed by atoms with van der Waals surface area (Å²) in [7, 11) is -3.62. The molecule has 1 heterocycles. The molecule has 4 atom stereocenters. The van der Waals surface area contributed by atoms with E-state index in [1.807, 2.05) is 75.2 Å².